The van der Waals surface area contributed by atoms with E-state index >= 15 is 0 Å². The number of hydrogen-bond acceptors (Lipinski definition) is 3. The molecule has 0 unspecified atom stereocenters. The van der Waals surface area contributed by atoms with E-state index in [0.29, 0.717) is 6.54 Å². The highest BCUT2D eigenvalue weighted by atomic mass is 79.9. The Hall–Kier alpha value is -1.12. The molecular weight excluding hydrogens is 294 g/mol. The number of nitrogens with zero attached hydrogens (tertiary/aromatic N) is 1. The Morgan fingerprint density at radius 3 is 2.89 bits per heavy atom. The van der Waals surface area contributed by atoms with Gasteiger partial charge in [-0.1, -0.05) is 6.42 Å². The van der Waals surface area contributed by atoms with Gasteiger partial charge in [-0.15, -0.1) is 0 Å². The van der Waals surface area contributed by atoms with E-state index in [4.69, 9.17) is 4.74 Å². The highest BCUT2D eigenvalue weighted by Crippen LogP contribution is 2.38. The Bertz CT molecular complexity index is 493. The minimum Gasteiger partial charge on any atom is -0.495 e. The van der Waals surface area contributed by atoms with Crippen molar-refractivity contribution in [3.63, 3.8) is 0 Å². The third kappa shape index (κ3) is 2.65. The van der Waals surface area contributed by atoms with Crippen LogP contribution in [0.15, 0.2) is 15.5 Å². The van der Waals surface area contributed by atoms with Gasteiger partial charge in [0.1, 0.15) is 5.75 Å². The molecule has 96 valence electrons. The number of isocyanates is 1. The van der Waals surface area contributed by atoms with Crippen LogP contribution in [-0.4, -0.2) is 13.2 Å². The van der Waals surface area contributed by atoms with Crippen LogP contribution in [0.25, 0.3) is 0 Å². The van der Waals surface area contributed by atoms with Gasteiger partial charge in [0.05, 0.1) is 18.1 Å². The minimum absolute atomic E-state index is 0.332. The molecule has 0 amide bonds. The van der Waals surface area contributed by atoms with Crippen molar-refractivity contribution in [2.45, 2.75) is 38.6 Å². The number of hydrogen-bond donors (Lipinski definition) is 0. The molecule has 4 heteroatoms. The summed E-state index contributed by atoms with van der Waals surface area (Å²) in [4.78, 5) is 13.9. The SMILES string of the molecule is COc1c(CN=C=O)cc2c(c1Br)CCCCC2. The molecule has 0 aromatic heterocycles. The number of fused-ring (bicyclic) bond motifs is 1. The number of halogens is 1. The van der Waals surface area contributed by atoms with Crippen LogP contribution in [0.5, 0.6) is 5.75 Å². The predicted molar refractivity (Wildman–Crippen MR) is 73.8 cm³/mol. The molecule has 0 aliphatic heterocycles. The van der Waals surface area contributed by atoms with Crippen LogP contribution >= 0.6 is 15.9 Å². The lowest BCUT2D eigenvalue weighted by molar-refractivity contribution is 0.406. The van der Waals surface area contributed by atoms with Gasteiger partial charge < -0.3 is 4.74 Å². The van der Waals surface area contributed by atoms with E-state index in [1.807, 2.05) is 0 Å². The number of aliphatic imine (C=N–C) groups is 1. The molecule has 0 fully saturated rings. The van der Waals surface area contributed by atoms with Gasteiger partial charge >= 0.3 is 0 Å². The van der Waals surface area contributed by atoms with Crippen LogP contribution < -0.4 is 4.74 Å². The van der Waals surface area contributed by atoms with Crippen molar-refractivity contribution in [2.24, 2.45) is 4.99 Å². The van der Waals surface area contributed by atoms with Gasteiger partial charge in [-0.2, -0.15) is 0 Å². The molecule has 0 spiro atoms. The fourth-order valence-electron chi connectivity index (χ4n) is 2.52. The van der Waals surface area contributed by atoms with E-state index in [1.54, 1.807) is 13.2 Å². The maximum Gasteiger partial charge on any atom is 0.235 e. The van der Waals surface area contributed by atoms with Gasteiger partial charge in [-0.3, -0.25) is 0 Å². The van der Waals surface area contributed by atoms with Gasteiger partial charge in [-0.05, 0) is 58.8 Å². The Morgan fingerprint density at radius 2 is 2.17 bits per heavy atom. The number of rotatable bonds is 3. The maximum absolute atomic E-state index is 10.3. The largest absolute Gasteiger partial charge is 0.495 e. The highest BCUT2D eigenvalue weighted by molar-refractivity contribution is 9.10. The number of benzene rings is 1. The van der Waals surface area contributed by atoms with Crippen molar-refractivity contribution in [1.82, 2.24) is 0 Å². The first-order chi connectivity index (χ1) is 8.77. The Morgan fingerprint density at radius 1 is 1.39 bits per heavy atom. The van der Waals surface area contributed by atoms with E-state index in [1.165, 1.54) is 30.4 Å². The van der Waals surface area contributed by atoms with E-state index < -0.39 is 0 Å². The summed E-state index contributed by atoms with van der Waals surface area (Å²) in [6.07, 6.45) is 7.48. The molecule has 1 aliphatic carbocycles. The average Bonchev–Trinajstić information content (AvgIpc) is 2.62. The van der Waals surface area contributed by atoms with Crippen LogP contribution in [0.1, 0.15) is 36.0 Å². The second-order valence-corrected chi connectivity index (χ2v) is 5.28. The molecule has 1 aromatic rings. The van der Waals surface area contributed by atoms with Crippen LogP contribution in [0.4, 0.5) is 0 Å². The van der Waals surface area contributed by atoms with Crippen molar-refractivity contribution >= 4 is 22.0 Å². The second kappa shape index (κ2) is 6.17. The Balaban J connectivity index is 2.50. The molecule has 0 heterocycles. The molecule has 2 rings (SSSR count). The first kappa shape index (κ1) is 13.3. The van der Waals surface area contributed by atoms with Crippen LogP contribution in [0, 0.1) is 0 Å². The summed E-state index contributed by atoms with van der Waals surface area (Å²) in [6.45, 7) is 0.332. The molecule has 0 saturated heterocycles. The number of ether oxygens (including phenoxy) is 1. The molecule has 3 nitrogen and oxygen atoms in total. The minimum atomic E-state index is 0.332. The van der Waals surface area contributed by atoms with Crippen molar-refractivity contribution in [2.75, 3.05) is 7.11 Å². The predicted octanol–water partition coefficient (Wildman–Crippen LogP) is 3.56. The smallest absolute Gasteiger partial charge is 0.235 e. The maximum atomic E-state index is 10.3. The first-order valence-corrected chi connectivity index (χ1v) is 6.98. The molecule has 0 atom stereocenters. The van der Waals surface area contributed by atoms with Crippen LogP contribution in [0.2, 0.25) is 0 Å². The summed E-state index contributed by atoms with van der Waals surface area (Å²) in [6, 6.07) is 2.13. The zero-order valence-corrected chi connectivity index (χ0v) is 12.0. The van der Waals surface area contributed by atoms with Gasteiger partial charge in [0.2, 0.25) is 6.08 Å². The van der Waals surface area contributed by atoms with Gasteiger partial charge in [0, 0.05) is 5.56 Å². The summed E-state index contributed by atoms with van der Waals surface area (Å²) < 4.78 is 6.47. The van der Waals surface area contributed by atoms with Gasteiger partial charge in [0.15, 0.2) is 0 Å². The standard InChI is InChI=1S/C14H16BrNO2/c1-18-14-11(8-16-9-17)7-10-5-3-2-4-6-12(10)13(14)15/h7H,2-6,8H2,1H3. The summed E-state index contributed by atoms with van der Waals surface area (Å²) in [5.41, 5.74) is 3.66. The Kier molecular flexibility index (Phi) is 4.56. The molecule has 0 bridgehead atoms. The number of carbonyl (C=O) groups excluding carboxylic acids is 1. The Labute approximate surface area is 115 Å². The third-order valence-corrected chi connectivity index (χ3v) is 4.22. The van der Waals surface area contributed by atoms with Gasteiger partial charge in [0.25, 0.3) is 0 Å². The summed E-state index contributed by atoms with van der Waals surface area (Å²) >= 11 is 3.64. The normalized spacial score (nSPS) is 14.3. The fraction of sp³-hybridized carbons (Fsp3) is 0.500. The molecule has 0 N–H and O–H groups in total. The zero-order chi connectivity index (χ0) is 13.0. The quantitative estimate of drug-likeness (QED) is 0.486. The third-order valence-electron chi connectivity index (χ3n) is 3.38. The molecular formula is C14H16BrNO2. The van der Waals surface area contributed by atoms with Crippen molar-refractivity contribution < 1.29 is 9.53 Å². The lowest BCUT2D eigenvalue weighted by atomic mass is 9.99. The van der Waals surface area contributed by atoms with E-state index in [0.717, 1.165) is 28.6 Å². The molecule has 18 heavy (non-hydrogen) atoms. The lowest BCUT2D eigenvalue weighted by Crippen LogP contribution is -2.00. The first-order valence-electron chi connectivity index (χ1n) is 6.18. The number of methoxy groups -OCH3 is 1. The van der Waals surface area contributed by atoms with Crippen molar-refractivity contribution in [3.05, 3.63) is 27.2 Å². The molecule has 1 aliphatic rings. The number of aryl methyl sites for hydroxylation is 1. The zero-order valence-electron chi connectivity index (χ0n) is 10.5. The molecule has 0 saturated carbocycles. The average molecular weight is 310 g/mol. The fourth-order valence-corrected chi connectivity index (χ4v) is 3.39. The monoisotopic (exact) mass is 309 g/mol. The van der Waals surface area contributed by atoms with Crippen molar-refractivity contribution in [1.29, 1.82) is 0 Å². The second-order valence-electron chi connectivity index (χ2n) is 4.49. The van der Waals surface area contributed by atoms with E-state index in [9.17, 15) is 4.79 Å². The summed E-state index contributed by atoms with van der Waals surface area (Å²) in [5, 5.41) is 0. The summed E-state index contributed by atoms with van der Waals surface area (Å²) in [5.74, 6) is 0.801. The topological polar surface area (TPSA) is 38.7 Å². The highest BCUT2D eigenvalue weighted by Gasteiger charge is 2.18. The summed E-state index contributed by atoms with van der Waals surface area (Å²) in [7, 11) is 1.65. The van der Waals surface area contributed by atoms with Crippen LogP contribution in [-0.2, 0) is 24.2 Å². The molecule has 0 radical (unpaired) electrons. The van der Waals surface area contributed by atoms with E-state index in [-0.39, 0.29) is 0 Å². The van der Waals surface area contributed by atoms with Gasteiger partial charge in [-0.25, -0.2) is 9.79 Å². The molecule has 1 aromatic carbocycles. The van der Waals surface area contributed by atoms with Crippen LogP contribution in [0.3, 0.4) is 0 Å². The van der Waals surface area contributed by atoms with E-state index in [2.05, 4.69) is 27.0 Å². The lowest BCUT2D eigenvalue weighted by Gasteiger charge is -2.16. The van der Waals surface area contributed by atoms with Crippen molar-refractivity contribution in [3.8, 4) is 5.75 Å².